The van der Waals surface area contributed by atoms with Gasteiger partial charge in [0.1, 0.15) is 0 Å². The molecule has 2 aromatic heterocycles. The average molecular weight is 351 g/mol. The van der Waals surface area contributed by atoms with Gasteiger partial charge in [0, 0.05) is 31.9 Å². The Labute approximate surface area is 153 Å². The summed E-state index contributed by atoms with van der Waals surface area (Å²) in [6, 6.07) is 10.3. The van der Waals surface area contributed by atoms with Gasteiger partial charge in [-0.05, 0) is 37.8 Å². The normalized spacial score (nSPS) is 10.9. The molecule has 0 unspecified atom stereocenters. The van der Waals surface area contributed by atoms with Crippen LogP contribution >= 0.6 is 0 Å². The number of hydrogen-bond acceptors (Lipinski definition) is 3. The first-order valence-electron chi connectivity index (χ1n) is 8.88. The van der Waals surface area contributed by atoms with E-state index in [1.807, 2.05) is 54.7 Å². The molecule has 3 rings (SSSR count). The standard InChI is InChI=1S/C20H25N5O/c1-15-19(16(2)24(3)23-15)9-10-20(26)22-18-13-21-25(14-18)12-11-17-7-5-4-6-8-17/h4-8,13-14H,9-12H2,1-3H3,(H,22,26). The predicted octanol–water partition coefficient (Wildman–Crippen LogP) is 3.05. The van der Waals surface area contributed by atoms with Crippen LogP contribution in [0, 0.1) is 13.8 Å². The summed E-state index contributed by atoms with van der Waals surface area (Å²) in [5.41, 5.74) is 5.27. The SMILES string of the molecule is Cc1nn(C)c(C)c1CCC(=O)Nc1cnn(CCc2ccccc2)c1. The molecule has 1 amide bonds. The van der Waals surface area contributed by atoms with Crippen molar-refractivity contribution in [1.29, 1.82) is 0 Å². The van der Waals surface area contributed by atoms with Gasteiger partial charge in [0.05, 0.1) is 17.6 Å². The fourth-order valence-electron chi connectivity index (χ4n) is 3.08. The van der Waals surface area contributed by atoms with Gasteiger partial charge in [0.2, 0.25) is 5.91 Å². The van der Waals surface area contributed by atoms with E-state index in [1.165, 1.54) is 5.56 Å². The molecule has 0 bridgehead atoms. The van der Waals surface area contributed by atoms with Crippen LogP contribution in [0.2, 0.25) is 0 Å². The third kappa shape index (κ3) is 4.39. The molecule has 0 saturated heterocycles. The van der Waals surface area contributed by atoms with Crippen LogP contribution < -0.4 is 5.32 Å². The van der Waals surface area contributed by atoms with Crippen molar-refractivity contribution >= 4 is 11.6 Å². The maximum absolute atomic E-state index is 12.2. The van der Waals surface area contributed by atoms with Crippen LogP contribution in [-0.2, 0) is 31.2 Å². The van der Waals surface area contributed by atoms with Crippen molar-refractivity contribution in [3.63, 3.8) is 0 Å². The van der Waals surface area contributed by atoms with Gasteiger partial charge >= 0.3 is 0 Å². The summed E-state index contributed by atoms with van der Waals surface area (Å²) >= 11 is 0. The highest BCUT2D eigenvalue weighted by molar-refractivity contribution is 5.90. The van der Waals surface area contributed by atoms with Gasteiger partial charge in [-0.1, -0.05) is 30.3 Å². The Morgan fingerprint density at radius 3 is 2.62 bits per heavy atom. The molecule has 6 heteroatoms. The number of carbonyl (C=O) groups excluding carboxylic acids is 1. The molecule has 1 N–H and O–H groups in total. The van der Waals surface area contributed by atoms with Crippen LogP contribution in [0.3, 0.4) is 0 Å². The number of aryl methyl sites for hydroxylation is 4. The van der Waals surface area contributed by atoms with E-state index in [9.17, 15) is 4.79 Å². The minimum Gasteiger partial charge on any atom is -0.323 e. The summed E-state index contributed by atoms with van der Waals surface area (Å²) in [5, 5.41) is 11.6. The van der Waals surface area contributed by atoms with Crippen LogP contribution in [0.4, 0.5) is 5.69 Å². The molecule has 0 aliphatic carbocycles. The maximum atomic E-state index is 12.2. The van der Waals surface area contributed by atoms with Gasteiger partial charge in [-0.2, -0.15) is 10.2 Å². The van der Waals surface area contributed by atoms with Gasteiger partial charge in [0.25, 0.3) is 0 Å². The molecule has 26 heavy (non-hydrogen) atoms. The number of nitrogens with one attached hydrogen (secondary N) is 1. The average Bonchev–Trinajstić information content (AvgIpc) is 3.17. The number of nitrogens with zero attached hydrogens (tertiary/aromatic N) is 4. The fourth-order valence-corrected chi connectivity index (χ4v) is 3.08. The Bertz CT molecular complexity index is 879. The number of hydrogen-bond donors (Lipinski definition) is 1. The summed E-state index contributed by atoms with van der Waals surface area (Å²) in [6.45, 7) is 4.80. The zero-order valence-electron chi connectivity index (χ0n) is 15.6. The van der Waals surface area contributed by atoms with E-state index < -0.39 is 0 Å². The summed E-state index contributed by atoms with van der Waals surface area (Å²) < 4.78 is 3.72. The largest absolute Gasteiger partial charge is 0.323 e. The van der Waals surface area contributed by atoms with Crippen LogP contribution in [0.15, 0.2) is 42.7 Å². The second-order valence-electron chi connectivity index (χ2n) is 6.55. The minimum atomic E-state index is -0.00439. The first kappa shape index (κ1) is 17.9. The quantitative estimate of drug-likeness (QED) is 0.711. The lowest BCUT2D eigenvalue weighted by Crippen LogP contribution is -2.12. The number of benzene rings is 1. The highest BCUT2D eigenvalue weighted by Crippen LogP contribution is 2.15. The van der Waals surface area contributed by atoms with Gasteiger partial charge in [0.15, 0.2) is 0 Å². The smallest absolute Gasteiger partial charge is 0.224 e. The van der Waals surface area contributed by atoms with Gasteiger partial charge in [-0.25, -0.2) is 0 Å². The van der Waals surface area contributed by atoms with E-state index in [2.05, 4.69) is 27.6 Å². The van der Waals surface area contributed by atoms with Crippen molar-refractivity contribution in [2.45, 2.75) is 39.7 Å². The van der Waals surface area contributed by atoms with E-state index in [0.29, 0.717) is 12.8 Å². The lowest BCUT2D eigenvalue weighted by Gasteiger charge is -2.04. The molecule has 136 valence electrons. The topological polar surface area (TPSA) is 64.7 Å². The maximum Gasteiger partial charge on any atom is 0.224 e. The van der Waals surface area contributed by atoms with Crippen molar-refractivity contribution in [1.82, 2.24) is 19.6 Å². The highest BCUT2D eigenvalue weighted by atomic mass is 16.1. The molecule has 3 aromatic rings. The third-order valence-electron chi connectivity index (χ3n) is 4.65. The van der Waals surface area contributed by atoms with E-state index in [1.54, 1.807) is 6.20 Å². The molecule has 0 spiro atoms. The van der Waals surface area contributed by atoms with Crippen molar-refractivity contribution in [2.24, 2.45) is 7.05 Å². The monoisotopic (exact) mass is 351 g/mol. The lowest BCUT2D eigenvalue weighted by atomic mass is 10.1. The van der Waals surface area contributed by atoms with Crippen molar-refractivity contribution in [3.8, 4) is 0 Å². The summed E-state index contributed by atoms with van der Waals surface area (Å²) in [4.78, 5) is 12.2. The second kappa shape index (κ2) is 7.99. The van der Waals surface area contributed by atoms with Gasteiger partial charge in [-0.3, -0.25) is 14.2 Å². The molecular weight excluding hydrogens is 326 g/mol. The number of anilines is 1. The number of aromatic nitrogens is 4. The van der Waals surface area contributed by atoms with Crippen molar-refractivity contribution in [3.05, 3.63) is 65.2 Å². The second-order valence-corrected chi connectivity index (χ2v) is 6.55. The number of rotatable bonds is 7. The molecule has 2 heterocycles. The number of amides is 1. The molecular formula is C20H25N5O. The highest BCUT2D eigenvalue weighted by Gasteiger charge is 2.12. The molecule has 1 aromatic carbocycles. The van der Waals surface area contributed by atoms with Crippen LogP contribution in [-0.4, -0.2) is 25.5 Å². The summed E-state index contributed by atoms with van der Waals surface area (Å²) in [6.07, 6.45) is 5.61. The summed E-state index contributed by atoms with van der Waals surface area (Å²) in [5.74, 6) is -0.00439. The Morgan fingerprint density at radius 1 is 1.15 bits per heavy atom. The molecule has 0 aliphatic heterocycles. The van der Waals surface area contributed by atoms with E-state index >= 15 is 0 Å². The van der Waals surface area contributed by atoms with Crippen LogP contribution in [0.25, 0.3) is 0 Å². The Kier molecular flexibility index (Phi) is 5.51. The molecule has 0 atom stereocenters. The Morgan fingerprint density at radius 2 is 1.92 bits per heavy atom. The van der Waals surface area contributed by atoms with E-state index in [0.717, 1.165) is 35.6 Å². The zero-order chi connectivity index (χ0) is 18.5. The zero-order valence-corrected chi connectivity index (χ0v) is 15.6. The van der Waals surface area contributed by atoms with Gasteiger partial charge < -0.3 is 5.32 Å². The lowest BCUT2D eigenvalue weighted by molar-refractivity contribution is -0.116. The Balaban J connectivity index is 1.49. The predicted molar refractivity (Wildman–Crippen MR) is 102 cm³/mol. The number of carbonyl (C=O) groups is 1. The molecule has 0 aliphatic rings. The first-order chi connectivity index (χ1) is 12.5. The van der Waals surface area contributed by atoms with E-state index in [-0.39, 0.29) is 5.91 Å². The fraction of sp³-hybridized carbons (Fsp3) is 0.350. The Hall–Kier alpha value is -2.89. The van der Waals surface area contributed by atoms with Gasteiger partial charge in [-0.15, -0.1) is 0 Å². The minimum absolute atomic E-state index is 0.00439. The van der Waals surface area contributed by atoms with Crippen LogP contribution in [0.5, 0.6) is 0 Å². The summed E-state index contributed by atoms with van der Waals surface area (Å²) in [7, 11) is 1.93. The first-order valence-corrected chi connectivity index (χ1v) is 8.88. The molecule has 6 nitrogen and oxygen atoms in total. The van der Waals surface area contributed by atoms with Crippen LogP contribution in [0.1, 0.15) is 28.9 Å². The molecule has 0 saturated carbocycles. The molecule has 0 radical (unpaired) electrons. The third-order valence-corrected chi connectivity index (χ3v) is 4.65. The van der Waals surface area contributed by atoms with Crippen molar-refractivity contribution < 1.29 is 4.79 Å². The van der Waals surface area contributed by atoms with Crippen molar-refractivity contribution in [2.75, 3.05) is 5.32 Å². The molecule has 0 fully saturated rings. The van der Waals surface area contributed by atoms with E-state index in [4.69, 9.17) is 0 Å².